The number of imide groups is 1. The van der Waals surface area contributed by atoms with E-state index in [2.05, 4.69) is 0 Å². The van der Waals surface area contributed by atoms with Crippen LogP contribution in [0, 0.1) is 5.82 Å². The van der Waals surface area contributed by atoms with E-state index >= 15 is 0 Å². The maximum absolute atomic E-state index is 12.9. The number of benzene rings is 1. The second-order valence-corrected chi connectivity index (χ2v) is 6.02. The third-order valence-electron chi connectivity index (χ3n) is 2.90. The summed E-state index contributed by atoms with van der Waals surface area (Å²) < 4.78 is 18.2. The Bertz CT molecular complexity index is 782. The molecule has 1 saturated heterocycles. The Labute approximate surface area is 134 Å². The fourth-order valence-electron chi connectivity index (χ4n) is 1.87. The molecule has 3 rings (SSSR count). The van der Waals surface area contributed by atoms with E-state index in [4.69, 9.17) is 16.6 Å². The van der Waals surface area contributed by atoms with Crippen LogP contribution in [0.5, 0.6) is 0 Å². The van der Waals surface area contributed by atoms with Gasteiger partial charge in [0.1, 0.15) is 11.6 Å². The third kappa shape index (κ3) is 2.72. The second kappa shape index (κ2) is 5.86. The Hall–Kier alpha value is -2.25. The van der Waals surface area contributed by atoms with Crippen molar-refractivity contribution in [3.8, 4) is 0 Å². The summed E-state index contributed by atoms with van der Waals surface area (Å²) in [6.45, 7) is 0. The number of furan rings is 1. The summed E-state index contributed by atoms with van der Waals surface area (Å²) in [5.74, 6) is -1.06. The third-order valence-corrected chi connectivity index (χ3v) is 4.21. The molecule has 2 amide bonds. The molecule has 0 unspecified atom stereocenters. The minimum atomic E-state index is -0.578. The van der Waals surface area contributed by atoms with Crippen molar-refractivity contribution in [1.82, 2.24) is 4.90 Å². The maximum Gasteiger partial charge on any atom is 0.273 e. The molecule has 0 saturated carbocycles. The molecular weight excluding hydrogens is 325 g/mol. The quantitative estimate of drug-likeness (QED) is 0.478. The number of halogens is 1. The van der Waals surface area contributed by atoms with E-state index in [1.54, 1.807) is 12.1 Å². The number of thiocarbonyl (C=S) groups is 1. The molecule has 1 aliphatic rings. The summed E-state index contributed by atoms with van der Waals surface area (Å²) in [4.78, 5) is 25.9. The lowest BCUT2D eigenvalue weighted by atomic mass is 10.2. The number of hydrogen-bond acceptors (Lipinski definition) is 5. The lowest BCUT2D eigenvalue weighted by Crippen LogP contribution is -2.34. The molecule has 1 aliphatic heterocycles. The molecule has 22 heavy (non-hydrogen) atoms. The van der Waals surface area contributed by atoms with Crippen LogP contribution >= 0.6 is 24.0 Å². The monoisotopic (exact) mass is 333 g/mol. The van der Waals surface area contributed by atoms with Crippen molar-refractivity contribution in [2.45, 2.75) is 0 Å². The Morgan fingerprint density at radius 2 is 2.00 bits per heavy atom. The number of thioether (sulfide) groups is 1. The minimum absolute atomic E-state index is 0.136. The molecule has 1 aromatic carbocycles. The molecule has 110 valence electrons. The van der Waals surface area contributed by atoms with E-state index < -0.39 is 17.6 Å². The predicted octanol–water partition coefficient (Wildman–Crippen LogP) is 3.46. The van der Waals surface area contributed by atoms with Gasteiger partial charge in [0.25, 0.3) is 11.8 Å². The van der Waals surface area contributed by atoms with E-state index in [0.717, 1.165) is 28.8 Å². The molecule has 2 aromatic rings. The molecule has 2 heterocycles. The summed E-state index contributed by atoms with van der Waals surface area (Å²) in [5, 5.41) is 0. The van der Waals surface area contributed by atoms with Crippen LogP contribution in [0.15, 0.2) is 52.0 Å². The van der Waals surface area contributed by atoms with Crippen LogP contribution in [-0.4, -0.2) is 21.0 Å². The molecule has 4 nitrogen and oxygen atoms in total. The molecule has 1 aromatic heterocycles. The Morgan fingerprint density at radius 1 is 1.27 bits per heavy atom. The molecule has 0 aliphatic carbocycles. The molecule has 0 spiro atoms. The Kier molecular flexibility index (Phi) is 3.91. The number of hydrogen-bond donors (Lipinski definition) is 0. The number of amides is 2. The average Bonchev–Trinajstić information content (AvgIpc) is 3.09. The fourth-order valence-corrected chi connectivity index (χ4v) is 3.10. The van der Waals surface area contributed by atoms with Crippen molar-refractivity contribution >= 4 is 46.2 Å². The van der Waals surface area contributed by atoms with Crippen LogP contribution in [0.2, 0.25) is 0 Å². The highest BCUT2D eigenvalue weighted by molar-refractivity contribution is 8.26. The molecule has 1 fully saturated rings. The van der Waals surface area contributed by atoms with Crippen LogP contribution in [-0.2, 0) is 4.79 Å². The number of rotatable bonds is 2. The standard InChI is InChI=1S/C15H8FNO3S2/c16-10-5-3-9(4-6-10)13(18)17-14(19)12(22-15(17)21)8-11-2-1-7-20-11/h1-8H/b12-8+. The molecule has 0 bridgehead atoms. The van der Waals surface area contributed by atoms with E-state index in [0.29, 0.717) is 10.7 Å². The summed E-state index contributed by atoms with van der Waals surface area (Å²) >= 11 is 6.11. The molecule has 0 atom stereocenters. The van der Waals surface area contributed by atoms with Gasteiger partial charge in [-0.05, 0) is 36.4 Å². The zero-order valence-electron chi connectivity index (χ0n) is 11.0. The Balaban J connectivity index is 1.88. The number of nitrogens with zero attached hydrogens (tertiary/aromatic N) is 1. The average molecular weight is 333 g/mol. The zero-order chi connectivity index (χ0) is 15.7. The van der Waals surface area contributed by atoms with Crippen LogP contribution in [0.3, 0.4) is 0 Å². The highest BCUT2D eigenvalue weighted by atomic mass is 32.2. The minimum Gasteiger partial charge on any atom is -0.465 e. The van der Waals surface area contributed by atoms with E-state index in [1.807, 2.05) is 0 Å². The summed E-state index contributed by atoms with van der Waals surface area (Å²) in [6, 6.07) is 8.32. The highest BCUT2D eigenvalue weighted by Gasteiger charge is 2.37. The van der Waals surface area contributed by atoms with E-state index in [9.17, 15) is 14.0 Å². The molecular formula is C15H8FNO3S2. The van der Waals surface area contributed by atoms with Gasteiger partial charge in [0.2, 0.25) is 0 Å². The van der Waals surface area contributed by atoms with Gasteiger partial charge in [0, 0.05) is 11.6 Å². The number of carbonyl (C=O) groups is 2. The Morgan fingerprint density at radius 3 is 2.64 bits per heavy atom. The first-order valence-electron chi connectivity index (χ1n) is 6.17. The van der Waals surface area contributed by atoms with Gasteiger partial charge in [-0.2, -0.15) is 0 Å². The van der Waals surface area contributed by atoms with Gasteiger partial charge in [0.15, 0.2) is 4.32 Å². The van der Waals surface area contributed by atoms with Crippen molar-refractivity contribution in [2.24, 2.45) is 0 Å². The largest absolute Gasteiger partial charge is 0.465 e. The molecule has 7 heteroatoms. The summed E-state index contributed by atoms with van der Waals surface area (Å²) in [6.07, 6.45) is 3.01. The lowest BCUT2D eigenvalue weighted by Gasteiger charge is -2.12. The van der Waals surface area contributed by atoms with E-state index in [1.165, 1.54) is 24.5 Å². The van der Waals surface area contributed by atoms with Gasteiger partial charge < -0.3 is 4.42 Å². The first kappa shape index (κ1) is 14.7. The van der Waals surface area contributed by atoms with Gasteiger partial charge in [-0.1, -0.05) is 24.0 Å². The smallest absolute Gasteiger partial charge is 0.273 e. The van der Waals surface area contributed by atoms with Crippen molar-refractivity contribution in [3.63, 3.8) is 0 Å². The second-order valence-electron chi connectivity index (χ2n) is 4.34. The fraction of sp³-hybridized carbons (Fsp3) is 0. The lowest BCUT2D eigenvalue weighted by molar-refractivity contribution is -0.120. The van der Waals surface area contributed by atoms with Crippen molar-refractivity contribution in [3.05, 3.63) is 64.7 Å². The van der Waals surface area contributed by atoms with Crippen molar-refractivity contribution < 1.29 is 18.4 Å². The highest BCUT2D eigenvalue weighted by Crippen LogP contribution is 2.33. The SMILES string of the molecule is O=C1/C(=C\c2ccco2)SC(=S)N1C(=O)c1ccc(F)cc1. The van der Waals surface area contributed by atoms with Crippen LogP contribution in [0.4, 0.5) is 4.39 Å². The van der Waals surface area contributed by atoms with E-state index in [-0.39, 0.29) is 9.88 Å². The van der Waals surface area contributed by atoms with Gasteiger partial charge in [-0.3, -0.25) is 9.59 Å². The summed E-state index contributed by atoms with van der Waals surface area (Å²) in [7, 11) is 0. The van der Waals surface area contributed by atoms with Crippen LogP contribution < -0.4 is 0 Å². The normalized spacial score (nSPS) is 16.6. The van der Waals surface area contributed by atoms with Gasteiger partial charge in [-0.15, -0.1) is 0 Å². The maximum atomic E-state index is 12.9. The molecule has 0 N–H and O–H groups in total. The van der Waals surface area contributed by atoms with Crippen LogP contribution in [0.25, 0.3) is 6.08 Å². The van der Waals surface area contributed by atoms with Gasteiger partial charge in [-0.25, -0.2) is 9.29 Å². The van der Waals surface area contributed by atoms with Crippen LogP contribution in [0.1, 0.15) is 16.1 Å². The topological polar surface area (TPSA) is 50.5 Å². The zero-order valence-corrected chi connectivity index (χ0v) is 12.6. The first-order valence-corrected chi connectivity index (χ1v) is 7.40. The van der Waals surface area contributed by atoms with Gasteiger partial charge >= 0.3 is 0 Å². The predicted molar refractivity (Wildman–Crippen MR) is 84.5 cm³/mol. The molecule has 0 radical (unpaired) electrons. The number of carbonyl (C=O) groups excluding carboxylic acids is 2. The summed E-state index contributed by atoms with van der Waals surface area (Å²) in [5.41, 5.74) is 0.192. The van der Waals surface area contributed by atoms with Gasteiger partial charge in [0.05, 0.1) is 11.2 Å². The first-order chi connectivity index (χ1) is 10.6. The van der Waals surface area contributed by atoms with Crippen molar-refractivity contribution in [2.75, 3.05) is 0 Å². The van der Waals surface area contributed by atoms with Crippen molar-refractivity contribution in [1.29, 1.82) is 0 Å².